The maximum Gasteiger partial charge on any atom is 0.166 e. The molecule has 6 heteroatoms. The van der Waals surface area contributed by atoms with Crippen LogP contribution < -0.4 is 14.8 Å². The van der Waals surface area contributed by atoms with Crippen LogP contribution in [0, 0.1) is 0 Å². The lowest BCUT2D eigenvalue weighted by Crippen LogP contribution is -2.10. The second-order valence-corrected chi connectivity index (χ2v) is 7.06. The van der Waals surface area contributed by atoms with Crippen LogP contribution in [0.1, 0.15) is 19.4 Å². The number of rotatable bonds is 6. The number of hydrogen-bond donors (Lipinski definition) is 1. The molecule has 1 N–H and O–H groups in total. The zero-order chi connectivity index (χ0) is 17.0. The van der Waals surface area contributed by atoms with Crippen LogP contribution in [0.5, 0.6) is 11.5 Å². The highest BCUT2D eigenvalue weighted by Crippen LogP contribution is 2.36. The van der Waals surface area contributed by atoms with E-state index in [1.807, 2.05) is 38.1 Å². The first kappa shape index (κ1) is 18.2. The molecule has 2 aromatic rings. The van der Waals surface area contributed by atoms with Gasteiger partial charge in [-0.2, -0.15) is 0 Å². The quantitative estimate of drug-likeness (QED) is 0.608. The fourth-order valence-corrected chi connectivity index (χ4v) is 3.14. The molecule has 0 aromatic heterocycles. The first-order valence-corrected chi connectivity index (χ1v) is 8.67. The number of hydrogen-bond acceptors (Lipinski definition) is 3. The van der Waals surface area contributed by atoms with E-state index in [0.29, 0.717) is 22.3 Å². The van der Waals surface area contributed by atoms with Gasteiger partial charge in [0.15, 0.2) is 11.5 Å². The molecule has 0 unspecified atom stereocenters. The predicted molar refractivity (Wildman–Crippen MR) is 100 cm³/mol. The van der Waals surface area contributed by atoms with E-state index < -0.39 is 0 Å². The van der Waals surface area contributed by atoms with Crippen molar-refractivity contribution in [1.29, 1.82) is 0 Å². The molecular weight excluding hydrogens is 401 g/mol. The molecule has 0 radical (unpaired) electrons. The molecule has 0 bridgehead atoms. The predicted octanol–water partition coefficient (Wildman–Crippen LogP) is 6.16. The van der Waals surface area contributed by atoms with Crippen LogP contribution in [0.15, 0.2) is 34.8 Å². The average Bonchev–Trinajstić information content (AvgIpc) is 2.45. The Hall–Kier alpha value is -1.10. The van der Waals surface area contributed by atoms with Crippen LogP contribution >= 0.6 is 39.1 Å². The Balaban J connectivity index is 2.28. The summed E-state index contributed by atoms with van der Waals surface area (Å²) in [5, 5.41) is 4.49. The van der Waals surface area contributed by atoms with E-state index in [2.05, 4.69) is 21.2 Å². The average molecular weight is 419 g/mol. The molecule has 124 valence electrons. The lowest BCUT2D eigenvalue weighted by atomic mass is 10.1. The van der Waals surface area contributed by atoms with E-state index in [0.717, 1.165) is 21.5 Å². The second-order valence-electron chi connectivity index (χ2n) is 5.27. The van der Waals surface area contributed by atoms with Crippen LogP contribution in [-0.4, -0.2) is 13.2 Å². The summed E-state index contributed by atoms with van der Waals surface area (Å²) in [7, 11) is 1.63. The molecule has 3 nitrogen and oxygen atoms in total. The molecular formula is C17H18BrCl2NO2. The molecule has 0 fully saturated rings. The van der Waals surface area contributed by atoms with Crippen molar-refractivity contribution in [2.24, 2.45) is 0 Å². The van der Waals surface area contributed by atoms with Crippen molar-refractivity contribution in [2.45, 2.75) is 26.5 Å². The summed E-state index contributed by atoms with van der Waals surface area (Å²) in [5.74, 6) is 1.42. The molecule has 2 aromatic carbocycles. The molecule has 0 atom stereocenters. The molecule has 0 heterocycles. The van der Waals surface area contributed by atoms with Gasteiger partial charge in [-0.1, -0.05) is 39.1 Å². The first-order chi connectivity index (χ1) is 10.9. The smallest absolute Gasteiger partial charge is 0.166 e. The number of halogens is 3. The number of ether oxygens (including phenoxy) is 2. The second kappa shape index (κ2) is 8.13. The van der Waals surface area contributed by atoms with Gasteiger partial charge < -0.3 is 14.8 Å². The van der Waals surface area contributed by atoms with Gasteiger partial charge in [0.25, 0.3) is 0 Å². The lowest BCUT2D eigenvalue weighted by molar-refractivity contribution is 0.228. The topological polar surface area (TPSA) is 30.5 Å². The van der Waals surface area contributed by atoms with Crippen molar-refractivity contribution in [3.05, 3.63) is 50.4 Å². The van der Waals surface area contributed by atoms with Gasteiger partial charge >= 0.3 is 0 Å². The van der Waals surface area contributed by atoms with Gasteiger partial charge in [-0.05, 0) is 44.2 Å². The number of methoxy groups -OCH3 is 1. The third kappa shape index (κ3) is 5.20. The fourth-order valence-electron chi connectivity index (χ4n) is 2.13. The molecule has 0 saturated carbocycles. The molecule has 2 rings (SSSR count). The van der Waals surface area contributed by atoms with E-state index in [4.69, 9.17) is 32.7 Å². The Morgan fingerprint density at radius 1 is 1.09 bits per heavy atom. The number of benzene rings is 2. The Morgan fingerprint density at radius 3 is 2.30 bits per heavy atom. The van der Waals surface area contributed by atoms with Crippen molar-refractivity contribution < 1.29 is 9.47 Å². The van der Waals surface area contributed by atoms with Gasteiger partial charge in [0.05, 0.1) is 13.2 Å². The first-order valence-electron chi connectivity index (χ1n) is 7.12. The van der Waals surface area contributed by atoms with Gasteiger partial charge in [-0.15, -0.1) is 0 Å². The normalized spacial score (nSPS) is 10.7. The van der Waals surface area contributed by atoms with Crippen molar-refractivity contribution >= 4 is 44.8 Å². The summed E-state index contributed by atoms with van der Waals surface area (Å²) in [6, 6.07) is 9.23. The van der Waals surface area contributed by atoms with Crippen molar-refractivity contribution in [3.63, 3.8) is 0 Å². The monoisotopic (exact) mass is 417 g/mol. The van der Waals surface area contributed by atoms with Gasteiger partial charge in [-0.25, -0.2) is 0 Å². The van der Waals surface area contributed by atoms with E-state index in [1.54, 1.807) is 13.2 Å². The van der Waals surface area contributed by atoms with Crippen molar-refractivity contribution in [3.8, 4) is 11.5 Å². The summed E-state index contributed by atoms with van der Waals surface area (Å²) in [6.07, 6.45) is 0.0458. The van der Waals surface area contributed by atoms with Crippen molar-refractivity contribution in [1.82, 2.24) is 0 Å². The third-order valence-corrected chi connectivity index (χ3v) is 3.91. The van der Waals surface area contributed by atoms with Gasteiger partial charge in [0, 0.05) is 32.3 Å². The third-order valence-electron chi connectivity index (χ3n) is 3.02. The van der Waals surface area contributed by atoms with Crippen molar-refractivity contribution in [2.75, 3.05) is 12.4 Å². The summed E-state index contributed by atoms with van der Waals surface area (Å²) in [5.41, 5.74) is 1.82. The highest BCUT2D eigenvalue weighted by Gasteiger charge is 2.14. The minimum absolute atomic E-state index is 0.0458. The summed E-state index contributed by atoms with van der Waals surface area (Å²) < 4.78 is 12.3. The Labute approximate surface area is 155 Å². The molecule has 0 saturated heterocycles. The highest BCUT2D eigenvalue weighted by molar-refractivity contribution is 9.10. The SMILES string of the molecule is COc1cc(Br)cc(CNc2cc(Cl)cc(Cl)c2)c1OC(C)C. The largest absolute Gasteiger partial charge is 0.493 e. The minimum atomic E-state index is 0.0458. The van der Waals surface area contributed by atoms with Crippen LogP contribution in [0.2, 0.25) is 10.0 Å². The van der Waals surface area contributed by atoms with E-state index in [-0.39, 0.29) is 6.10 Å². The molecule has 0 aliphatic carbocycles. The maximum absolute atomic E-state index is 6.03. The van der Waals surface area contributed by atoms with Crippen LogP contribution in [0.3, 0.4) is 0 Å². The molecule has 0 aliphatic rings. The molecule has 0 spiro atoms. The standard InChI is InChI=1S/C17H18BrCl2NO2/c1-10(2)23-17-11(4-12(18)5-16(17)22-3)9-21-15-7-13(19)6-14(20)8-15/h4-8,10,21H,9H2,1-3H3. The zero-order valence-corrected chi connectivity index (χ0v) is 16.2. The summed E-state index contributed by atoms with van der Waals surface area (Å²) in [6.45, 7) is 4.51. The Morgan fingerprint density at radius 2 is 1.74 bits per heavy atom. The minimum Gasteiger partial charge on any atom is -0.493 e. The lowest BCUT2D eigenvalue weighted by Gasteiger charge is -2.19. The highest BCUT2D eigenvalue weighted by atomic mass is 79.9. The molecule has 0 amide bonds. The van der Waals surface area contributed by atoms with E-state index in [9.17, 15) is 0 Å². The summed E-state index contributed by atoms with van der Waals surface area (Å²) >= 11 is 15.6. The van der Waals surface area contributed by atoms with Gasteiger partial charge in [0.1, 0.15) is 0 Å². The number of nitrogens with one attached hydrogen (secondary N) is 1. The molecule has 23 heavy (non-hydrogen) atoms. The van der Waals surface area contributed by atoms with Gasteiger partial charge in [0.2, 0.25) is 0 Å². The van der Waals surface area contributed by atoms with Crippen LogP contribution in [0.4, 0.5) is 5.69 Å². The maximum atomic E-state index is 6.03. The van der Waals surface area contributed by atoms with E-state index >= 15 is 0 Å². The van der Waals surface area contributed by atoms with Crippen LogP contribution in [0.25, 0.3) is 0 Å². The van der Waals surface area contributed by atoms with Crippen LogP contribution in [-0.2, 0) is 6.54 Å². The zero-order valence-electron chi connectivity index (χ0n) is 13.1. The Kier molecular flexibility index (Phi) is 6.45. The molecule has 0 aliphatic heterocycles. The fraction of sp³-hybridized carbons (Fsp3) is 0.294. The summed E-state index contributed by atoms with van der Waals surface area (Å²) in [4.78, 5) is 0. The van der Waals surface area contributed by atoms with Gasteiger partial charge in [-0.3, -0.25) is 0 Å². The Bertz CT molecular complexity index is 672. The number of anilines is 1. The van der Waals surface area contributed by atoms with E-state index in [1.165, 1.54) is 0 Å².